The molecule has 0 aliphatic heterocycles. The minimum Gasteiger partial charge on any atom is -0.354 e. The molecule has 2 aromatic rings. The number of hydrogen-bond donors (Lipinski definition) is 1. The zero-order valence-corrected chi connectivity index (χ0v) is 21.6. The maximum atomic E-state index is 13.5. The first-order chi connectivity index (χ1) is 15.2. The molecule has 9 heteroatoms. The Hall–Kier alpha value is -2.14. The number of sulfonamides is 1. The number of rotatable bonds is 11. The van der Waals surface area contributed by atoms with Crippen molar-refractivity contribution in [3.8, 4) is 0 Å². The first-order valence-electron chi connectivity index (χ1n) is 10.5. The Labute approximate surface area is 204 Å². The number of carbonyl (C=O) groups is 2. The highest BCUT2D eigenvalue weighted by Crippen LogP contribution is 2.21. The van der Waals surface area contributed by atoms with Crippen LogP contribution < -0.4 is 9.62 Å². The number of amides is 2. The summed E-state index contributed by atoms with van der Waals surface area (Å²) in [5.74, 6) is -0.671. The lowest BCUT2D eigenvalue weighted by Crippen LogP contribution is -2.52. The van der Waals surface area contributed by atoms with Gasteiger partial charge in [-0.15, -0.1) is 0 Å². The highest BCUT2D eigenvalue weighted by Gasteiger charge is 2.31. The topological polar surface area (TPSA) is 86.8 Å². The van der Waals surface area contributed by atoms with E-state index >= 15 is 0 Å². The number of nitrogens with one attached hydrogen (secondary N) is 1. The van der Waals surface area contributed by atoms with E-state index in [0.29, 0.717) is 18.7 Å². The van der Waals surface area contributed by atoms with Gasteiger partial charge in [-0.2, -0.15) is 0 Å². The van der Waals surface area contributed by atoms with Crippen LogP contribution in [-0.2, 0) is 26.2 Å². The second-order valence-electron chi connectivity index (χ2n) is 7.47. The smallest absolute Gasteiger partial charge is 0.244 e. The molecule has 0 aliphatic rings. The molecular weight excluding hydrogens is 541 g/mol. The fraction of sp³-hybridized carbons (Fsp3) is 0.391. The van der Waals surface area contributed by atoms with Gasteiger partial charge in [-0.1, -0.05) is 44.2 Å². The van der Waals surface area contributed by atoms with E-state index in [4.69, 9.17) is 0 Å². The molecule has 2 rings (SSSR count). The first-order valence-corrected chi connectivity index (χ1v) is 13.4. The van der Waals surface area contributed by atoms with Gasteiger partial charge in [0.2, 0.25) is 21.8 Å². The summed E-state index contributed by atoms with van der Waals surface area (Å²) in [4.78, 5) is 27.8. The molecule has 0 bridgehead atoms. The monoisotopic (exact) mass is 571 g/mol. The predicted molar refractivity (Wildman–Crippen MR) is 136 cm³/mol. The van der Waals surface area contributed by atoms with E-state index in [1.54, 1.807) is 24.3 Å². The molecule has 1 atom stereocenters. The van der Waals surface area contributed by atoms with E-state index in [0.717, 1.165) is 26.1 Å². The first kappa shape index (κ1) is 26.1. The number of anilines is 1. The Kier molecular flexibility index (Phi) is 9.95. The van der Waals surface area contributed by atoms with Crippen molar-refractivity contribution in [2.24, 2.45) is 0 Å². The van der Waals surface area contributed by atoms with Gasteiger partial charge < -0.3 is 10.2 Å². The Bertz CT molecular complexity index is 998. The third-order valence-corrected chi connectivity index (χ3v) is 6.78. The number of nitrogens with zero attached hydrogens (tertiary/aromatic N) is 2. The van der Waals surface area contributed by atoms with Gasteiger partial charge in [-0.3, -0.25) is 13.9 Å². The normalized spacial score (nSPS) is 12.1. The summed E-state index contributed by atoms with van der Waals surface area (Å²) in [6, 6.07) is 15.6. The van der Waals surface area contributed by atoms with Gasteiger partial charge in [0.05, 0.1) is 11.9 Å². The molecule has 0 aliphatic carbocycles. The summed E-state index contributed by atoms with van der Waals surface area (Å²) >= 11 is 2.13. The van der Waals surface area contributed by atoms with Gasteiger partial charge in [0, 0.05) is 16.7 Å². The van der Waals surface area contributed by atoms with Crippen molar-refractivity contribution in [3.05, 3.63) is 63.7 Å². The number of carbonyl (C=O) groups excluding carboxylic acids is 2. The van der Waals surface area contributed by atoms with Crippen LogP contribution >= 0.6 is 22.6 Å². The SMILES string of the molecule is CCCNC(=O)[C@H](CC)N(Cc1ccccc1)C(=O)CN(c1ccc(I)cc1)S(C)(=O)=O. The molecule has 174 valence electrons. The van der Waals surface area contributed by atoms with Crippen molar-refractivity contribution in [1.29, 1.82) is 0 Å². The Balaban J connectivity index is 2.38. The summed E-state index contributed by atoms with van der Waals surface area (Å²) in [5, 5.41) is 2.86. The molecule has 7 nitrogen and oxygen atoms in total. The average Bonchev–Trinajstić information content (AvgIpc) is 2.76. The molecule has 0 heterocycles. The van der Waals surface area contributed by atoms with Crippen molar-refractivity contribution < 1.29 is 18.0 Å². The van der Waals surface area contributed by atoms with Crippen LogP contribution in [0.4, 0.5) is 5.69 Å². The van der Waals surface area contributed by atoms with E-state index in [1.807, 2.05) is 44.2 Å². The molecule has 2 amide bonds. The molecule has 0 saturated heterocycles. The molecule has 32 heavy (non-hydrogen) atoms. The zero-order chi connectivity index (χ0) is 23.7. The van der Waals surface area contributed by atoms with E-state index in [-0.39, 0.29) is 19.0 Å². The average molecular weight is 571 g/mol. The Morgan fingerprint density at radius 2 is 1.66 bits per heavy atom. The van der Waals surface area contributed by atoms with Crippen molar-refractivity contribution in [2.45, 2.75) is 39.3 Å². The molecule has 0 spiro atoms. The maximum Gasteiger partial charge on any atom is 0.244 e. The molecule has 0 saturated carbocycles. The van der Waals surface area contributed by atoms with E-state index in [2.05, 4.69) is 27.9 Å². The fourth-order valence-electron chi connectivity index (χ4n) is 3.29. The molecular formula is C23H30IN3O4S. The standard InChI is InChI=1S/C23H30IN3O4S/c1-4-15-25-23(29)21(5-2)26(16-18-9-7-6-8-10-18)22(28)17-27(32(3,30)31)20-13-11-19(24)12-14-20/h6-14,21H,4-5,15-17H2,1-3H3,(H,25,29)/t21-/m0/s1. The maximum absolute atomic E-state index is 13.5. The third kappa shape index (κ3) is 7.47. The minimum atomic E-state index is -3.72. The summed E-state index contributed by atoms with van der Waals surface area (Å²) in [6.07, 6.45) is 2.27. The van der Waals surface area contributed by atoms with Gasteiger partial charge >= 0.3 is 0 Å². The van der Waals surface area contributed by atoms with Gasteiger partial charge in [-0.05, 0) is 65.3 Å². The van der Waals surface area contributed by atoms with E-state index in [1.165, 1.54) is 4.90 Å². The highest BCUT2D eigenvalue weighted by atomic mass is 127. The number of benzene rings is 2. The third-order valence-electron chi connectivity index (χ3n) is 4.92. The van der Waals surface area contributed by atoms with Crippen LogP contribution in [0.5, 0.6) is 0 Å². The molecule has 2 aromatic carbocycles. The van der Waals surface area contributed by atoms with Gasteiger partial charge in [0.15, 0.2) is 0 Å². The van der Waals surface area contributed by atoms with Crippen LogP contribution in [0.1, 0.15) is 32.3 Å². The lowest BCUT2D eigenvalue weighted by Gasteiger charge is -2.32. The van der Waals surface area contributed by atoms with Crippen LogP contribution in [0.3, 0.4) is 0 Å². The van der Waals surface area contributed by atoms with Crippen LogP contribution in [0.25, 0.3) is 0 Å². The number of halogens is 1. The molecule has 0 radical (unpaired) electrons. The second kappa shape index (κ2) is 12.2. The van der Waals surface area contributed by atoms with E-state index in [9.17, 15) is 18.0 Å². The van der Waals surface area contributed by atoms with Crippen molar-refractivity contribution in [2.75, 3.05) is 23.7 Å². The van der Waals surface area contributed by atoms with Crippen LogP contribution in [-0.4, -0.2) is 50.5 Å². The summed E-state index contributed by atoms with van der Waals surface area (Å²) in [5.41, 5.74) is 1.27. The molecule has 0 unspecified atom stereocenters. The van der Waals surface area contributed by atoms with Crippen LogP contribution in [0.2, 0.25) is 0 Å². The summed E-state index contributed by atoms with van der Waals surface area (Å²) in [6.45, 7) is 4.14. The molecule has 1 N–H and O–H groups in total. The largest absolute Gasteiger partial charge is 0.354 e. The summed E-state index contributed by atoms with van der Waals surface area (Å²) in [7, 11) is -3.72. The zero-order valence-electron chi connectivity index (χ0n) is 18.6. The Morgan fingerprint density at radius 3 is 2.19 bits per heavy atom. The quantitative estimate of drug-likeness (QED) is 0.419. The summed E-state index contributed by atoms with van der Waals surface area (Å²) < 4.78 is 27.1. The second-order valence-corrected chi connectivity index (χ2v) is 10.6. The Morgan fingerprint density at radius 1 is 1.03 bits per heavy atom. The highest BCUT2D eigenvalue weighted by molar-refractivity contribution is 14.1. The van der Waals surface area contributed by atoms with Crippen LogP contribution in [0, 0.1) is 3.57 Å². The lowest BCUT2D eigenvalue weighted by molar-refractivity contribution is -0.140. The van der Waals surface area contributed by atoms with Gasteiger partial charge in [-0.25, -0.2) is 8.42 Å². The van der Waals surface area contributed by atoms with Crippen LogP contribution in [0.15, 0.2) is 54.6 Å². The lowest BCUT2D eigenvalue weighted by atomic mass is 10.1. The predicted octanol–water partition coefficient (Wildman–Crippen LogP) is 3.39. The van der Waals surface area contributed by atoms with E-state index < -0.39 is 22.0 Å². The van der Waals surface area contributed by atoms with Gasteiger partial charge in [0.1, 0.15) is 12.6 Å². The number of hydrogen-bond acceptors (Lipinski definition) is 4. The van der Waals surface area contributed by atoms with Gasteiger partial charge in [0.25, 0.3) is 0 Å². The molecule has 0 aromatic heterocycles. The van der Waals surface area contributed by atoms with Crippen molar-refractivity contribution in [1.82, 2.24) is 10.2 Å². The minimum absolute atomic E-state index is 0.210. The fourth-order valence-corrected chi connectivity index (χ4v) is 4.50. The van der Waals surface area contributed by atoms with Crippen molar-refractivity contribution >= 4 is 50.1 Å². The van der Waals surface area contributed by atoms with Crippen molar-refractivity contribution in [3.63, 3.8) is 0 Å². The molecule has 0 fully saturated rings.